The number of aliphatic hydroxyl groups is 1. The van der Waals surface area contributed by atoms with E-state index in [1.165, 1.54) is 0 Å². The molecular formula is C12H20N2O2. The van der Waals surface area contributed by atoms with Gasteiger partial charge in [-0.3, -0.25) is 4.68 Å². The average Bonchev–Trinajstić information content (AvgIpc) is 2.71. The zero-order valence-electron chi connectivity index (χ0n) is 10.0. The molecule has 4 nitrogen and oxygen atoms in total. The van der Waals surface area contributed by atoms with Crippen LogP contribution in [-0.2, 0) is 6.54 Å². The third-order valence-electron chi connectivity index (χ3n) is 3.40. The molecule has 0 radical (unpaired) electrons. The van der Waals surface area contributed by atoms with Gasteiger partial charge < -0.3 is 9.84 Å². The largest absolute Gasteiger partial charge is 0.493 e. The van der Waals surface area contributed by atoms with Gasteiger partial charge in [-0.2, -0.15) is 5.10 Å². The molecule has 1 heterocycles. The Hall–Kier alpha value is -1.03. The van der Waals surface area contributed by atoms with Crippen LogP contribution in [0.4, 0.5) is 0 Å². The zero-order valence-corrected chi connectivity index (χ0v) is 10.0. The quantitative estimate of drug-likeness (QED) is 0.853. The van der Waals surface area contributed by atoms with Crippen molar-refractivity contribution in [2.45, 2.75) is 51.2 Å². The van der Waals surface area contributed by atoms with Gasteiger partial charge in [0, 0.05) is 12.5 Å². The molecule has 0 aliphatic heterocycles. The van der Waals surface area contributed by atoms with Gasteiger partial charge in [0.1, 0.15) is 0 Å². The minimum atomic E-state index is -0.163. The highest BCUT2D eigenvalue weighted by Gasteiger charge is 2.27. The number of nitrogens with zero attached hydrogens (tertiary/aromatic N) is 2. The van der Waals surface area contributed by atoms with Crippen molar-refractivity contribution in [3.05, 3.63) is 11.9 Å². The van der Waals surface area contributed by atoms with E-state index in [4.69, 9.17) is 4.74 Å². The Bertz CT molecular complexity index is 327. The van der Waals surface area contributed by atoms with Crippen LogP contribution in [0, 0.1) is 0 Å². The van der Waals surface area contributed by atoms with E-state index in [1.54, 1.807) is 13.3 Å². The van der Waals surface area contributed by atoms with E-state index in [2.05, 4.69) is 12.0 Å². The summed E-state index contributed by atoms with van der Waals surface area (Å²) in [6.45, 7) is 2.93. The second-order valence-corrected chi connectivity index (χ2v) is 4.43. The molecule has 0 saturated heterocycles. The summed E-state index contributed by atoms with van der Waals surface area (Å²) in [6.07, 6.45) is 5.59. The van der Waals surface area contributed by atoms with Crippen LogP contribution in [0.2, 0.25) is 0 Å². The lowest BCUT2D eigenvalue weighted by molar-refractivity contribution is 0.117. The standard InChI is InChI=1S/C12H20N2O2/c1-3-14-12(11(16-2)8-13-14)9-5-4-6-10(15)7-9/h8-10,15H,3-7H2,1-2H3. The maximum absolute atomic E-state index is 9.74. The fourth-order valence-electron chi connectivity index (χ4n) is 2.61. The van der Waals surface area contributed by atoms with Gasteiger partial charge in [-0.05, 0) is 26.2 Å². The molecule has 0 amide bonds. The number of ether oxygens (including phenoxy) is 1. The molecule has 2 unspecified atom stereocenters. The first-order valence-electron chi connectivity index (χ1n) is 6.04. The molecule has 4 heteroatoms. The van der Waals surface area contributed by atoms with Crippen LogP contribution in [0.5, 0.6) is 5.75 Å². The average molecular weight is 224 g/mol. The maximum atomic E-state index is 9.74. The molecule has 1 N–H and O–H groups in total. The molecule has 0 bridgehead atoms. The van der Waals surface area contributed by atoms with Gasteiger partial charge in [-0.15, -0.1) is 0 Å². The molecule has 2 rings (SSSR count). The van der Waals surface area contributed by atoms with E-state index in [9.17, 15) is 5.11 Å². The van der Waals surface area contributed by atoms with Crippen molar-refractivity contribution >= 4 is 0 Å². The predicted molar refractivity (Wildman–Crippen MR) is 61.7 cm³/mol. The van der Waals surface area contributed by atoms with Gasteiger partial charge in [0.25, 0.3) is 0 Å². The Kier molecular flexibility index (Phi) is 3.49. The lowest BCUT2D eigenvalue weighted by Crippen LogP contribution is -2.21. The Labute approximate surface area is 96.2 Å². The van der Waals surface area contributed by atoms with Gasteiger partial charge in [0.15, 0.2) is 5.75 Å². The summed E-state index contributed by atoms with van der Waals surface area (Å²) in [5, 5.41) is 14.1. The minimum absolute atomic E-state index is 0.163. The molecule has 0 aromatic carbocycles. The first kappa shape index (κ1) is 11.5. The van der Waals surface area contributed by atoms with Crippen LogP contribution >= 0.6 is 0 Å². The molecule has 1 aromatic rings. The first-order valence-corrected chi connectivity index (χ1v) is 6.04. The number of rotatable bonds is 3. The van der Waals surface area contributed by atoms with Gasteiger partial charge in [-0.25, -0.2) is 0 Å². The third kappa shape index (κ3) is 2.07. The van der Waals surface area contributed by atoms with E-state index in [0.29, 0.717) is 5.92 Å². The van der Waals surface area contributed by atoms with Gasteiger partial charge in [0.05, 0.1) is 25.1 Å². The van der Waals surface area contributed by atoms with Crippen LogP contribution in [0.3, 0.4) is 0 Å². The van der Waals surface area contributed by atoms with Crippen molar-refractivity contribution in [1.82, 2.24) is 9.78 Å². The van der Waals surface area contributed by atoms with Crippen LogP contribution in [-0.4, -0.2) is 28.1 Å². The van der Waals surface area contributed by atoms with Crippen molar-refractivity contribution in [1.29, 1.82) is 0 Å². The van der Waals surface area contributed by atoms with Gasteiger partial charge in [-0.1, -0.05) is 6.42 Å². The second kappa shape index (κ2) is 4.87. The van der Waals surface area contributed by atoms with E-state index in [1.807, 2.05) is 4.68 Å². The molecule has 1 saturated carbocycles. The Morgan fingerprint density at radius 2 is 2.38 bits per heavy atom. The SMILES string of the molecule is CCn1ncc(OC)c1C1CCCC(O)C1. The third-order valence-corrected chi connectivity index (χ3v) is 3.40. The number of aryl methyl sites for hydroxylation is 1. The number of methoxy groups -OCH3 is 1. The maximum Gasteiger partial charge on any atom is 0.160 e. The summed E-state index contributed by atoms with van der Waals surface area (Å²) in [4.78, 5) is 0. The van der Waals surface area contributed by atoms with Gasteiger partial charge in [0.2, 0.25) is 0 Å². The highest BCUT2D eigenvalue weighted by atomic mass is 16.5. The number of hydrogen-bond acceptors (Lipinski definition) is 3. The Morgan fingerprint density at radius 1 is 1.56 bits per heavy atom. The van der Waals surface area contributed by atoms with E-state index in [-0.39, 0.29) is 6.10 Å². The molecule has 16 heavy (non-hydrogen) atoms. The molecule has 1 aliphatic carbocycles. The smallest absolute Gasteiger partial charge is 0.160 e. The second-order valence-electron chi connectivity index (χ2n) is 4.43. The number of aromatic nitrogens is 2. The first-order chi connectivity index (χ1) is 7.76. The van der Waals surface area contributed by atoms with Crippen LogP contribution in [0.25, 0.3) is 0 Å². The predicted octanol–water partition coefficient (Wildman–Crippen LogP) is 1.93. The van der Waals surface area contributed by atoms with Crippen molar-refractivity contribution in [2.24, 2.45) is 0 Å². The summed E-state index contributed by atoms with van der Waals surface area (Å²) in [5.41, 5.74) is 1.16. The number of hydrogen-bond donors (Lipinski definition) is 1. The molecule has 1 fully saturated rings. The normalized spacial score (nSPS) is 25.7. The summed E-state index contributed by atoms with van der Waals surface area (Å²) < 4.78 is 7.34. The molecule has 1 aromatic heterocycles. The van der Waals surface area contributed by atoms with Gasteiger partial charge >= 0.3 is 0 Å². The fraction of sp³-hybridized carbons (Fsp3) is 0.750. The molecular weight excluding hydrogens is 204 g/mol. The zero-order chi connectivity index (χ0) is 11.5. The number of aliphatic hydroxyl groups excluding tert-OH is 1. The fourth-order valence-corrected chi connectivity index (χ4v) is 2.61. The Morgan fingerprint density at radius 3 is 3.00 bits per heavy atom. The van der Waals surface area contributed by atoms with Crippen molar-refractivity contribution in [3.8, 4) is 5.75 Å². The summed E-state index contributed by atoms with van der Waals surface area (Å²) in [6, 6.07) is 0. The monoisotopic (exact) mass is 224 g/mol. The van der Waals surface area contributed by atoms with E-state index >= 15 is 0 Å². The van der Waals surface area contributed by atoms with Crippen LogP contribution < -0.4 is 4.74 Å². The topological polar surface area (TPSA) is 47.3 Å². The van der Waals surface area contributed by atoms with Crippen molar-refractivity contribution < 1.29 is 9.84 Å². The highest BCUT2D eigenvalue weighted by molar-refractivity contribution is 5.29. The molecule has 90 valence electrons. The van der Waals surface area contributed by atoms with Crippen LogP contribution in [0.1, 0.15) is 44.2 Å². The summed E-state index contributed by atoms with van der Waals surface area (Å²) in [5.74, 6) is 1.25. The van der Waals surface area contributed by atoms with Crippen molar-refractivity contribution in [2.75, 3.05) is 7.11 Å². The van der Waals surface area contributed by atoms with Crippen molar-refractivity contribution in [3.63, 3.8) is 0 Å². The highest BCUT2D eigenvalue weighted by Crippen LogP contribution is 2.37. The van der Waals surface area contributed by atoms with E-state index in [0.717, 1.165) is 43.7 Å². The minimum Gasteiger partial charge on any atom is -0.493 e. The molecule has 0 spiro atoms. The van der Waals surface area contributed by atoms with Crippen LogP contribution in [0.15, 0.2) is 6.20 Å². The summed E-state index contributed by atoms with van der Waals surface area (Å²) >= 11 is 0. The lowest BCUT2D eigenvalue weighted by Gasteiger charge is -2.26. The lowest BCUT2D eigenvalue weighted by atomic mass is 9.85. The summed E-state index contributed by atoms with van der Waals surface area (Å²) in [7, 11) is 1.68. The molecule has 2 atom stereocenters. The van der Waals surface area contributed by atoms with E-state index < -0.39 is 0 Å². The Balaban J connectivity index is 2.26. The molecule has 1 aliphatic rings.